The highest BCUT2D eigenvalue weighted by Gasteiger charge is 2.31. The molecule has 1 aromatic heterocycles. The first-order chi connectivity index (χ1) is 14.7. The van der Waals surface area contributed by atoms with Crippen LogP contribution in [0.3, 0.4) is 0 Å². The Morgan fingerprint density at radius 2 is 1.81 bits per heavy atom. The van der Waals surface area contributed by atoms with Crippen molar-refractivity contribution in [1.82, 2.24) is 4.98 Å². The third-order valence-corrected chi connectivity index (χ3v) is 5.88. The fraction of sp³-hybridized carbons (Fsp3) is 0.480. The third kappa shape index (κ3) is 5.84. The summed E-state index contributed by atoms with van der Waals surface area (Å²) in [4.78, 5) is 29.3. The SMILES string of the molecule is CCC(C)[C@@H](c1ccccc1C)[C@H](C)OC(=O)[C@H](C)CC(=O)c1nccc(OC)c1O. The summed E-state index contributed by atoms with van der Waals surface area (Å²) in [6.07, 6.45) is 1.88. The van der Waals surface area contributed by atoms with Crippen LogP contribution in [0.1, 0.15) is 68.1 Å². The zero-order chi connectivity index (χ0) is 23.1. The maximum atomic E-state index is 12.8. The van der Waals surface area contributed by atoms with Crippen LogP contribution in [-0.2, 0) is 9.53 Å². The molecule has 6 nitrogen and oxygen atoms in total. The molecule has 0 fully saturated rings. The van der Waals surface area contributed by atoms with Crippen LogP contribution in [0.25, 0.3) is 0 Å². The molecule has 31 heavy (non-hydrogen) atoms. The monoisotopic (exact) mass is 427 g/mol. The highest BCUT2D eigenvalue weighted by Crippen LogP contribution is 2.34. The second-order valence-corrected chi connectivity index (χ2v) is 8.15. The number of pyridine rings is 1. The zero-order valence-electron chi connectivity index (χ0n) is 19.2. The Morgan fingerprint density at radius 3 is 2.42 bits per heavy atom. The Bertz CT molecular complexity index is 911. The van der Waals surface area contributed by atoms with Crippen molar-refractivity contribution >= 4 is 11.8 Å². The molecule has 1 unspecified atom stereocenters. The molecule has 0 saturated carbocycles. The van der Waals surface area contributed by atoms with Crippen molar-refractivity contribution in [3.8, 4) is 11.5 Å². The maximum absolute atomic E-state index is 12.8. The van der Waals surface area contributed by atoms with Gasteiger partial charge in [0.15, 0.2) is 23.0 Å². The van der Waals surface area contributed by atoms with Gasteiger partial charge in [-0.15, -0.1) is 0 Å². The van der Waals surface area contributed by atoms with E-state index >= 15 is 0 Å². The highest BCUT2D eigenvalue weighted by atomic mass is 16.5. The number of aromatic nitrogens is 1. The first kappa shape index (κ1) is 24.4. The average molecular weight is 428 g/mol. The predicted octanol–water partition coefficient (Wildman–Crippen LogP) is 5.07. The van der Waals surface area contributed by atoms with Gasteiger partial charge in [-0.1, -0.05) is 51.5 Å². The van der Waals surface area contributed by atoms with Crippen molar-refractivity contribution in [3.05, 3.63) is 53.3 Å². The van der Waals surface area contributed by atoms with E-state index in [2.05, 4.69) is 37.9 Å². The van der Waals surface area contributed by atoms with E-state index in [1.807, 2.05) is 19.1 Å². The summed E-state index contributed by atoms with van der Waals surface area (Å²) >= 11 is 0. The topological polar surface area (TPSA) is 85.7 Å². The van der Waals surface area contributed by atoms with E-state index in [1.165, 1.54) is 30.5 Å². The molecule has 2 aromatic rings. The molecule has 6 heteroatoms. The minimum Gasteiger partial charge on any atom is -0.503 e. The van der Waals surface area contributed by atoms with Gasteiger partial charge in [0.2, 0.25) is 0 Å². The molecule has 0 spiro atoms. The van der Waals surface area contributed by atoms with Crippen LogP contribution >= 0.6 is 0 Å². The summed E-state index contributed by atoms with van der Waals surface area (Å²) < 4.78 is 10.8. The van der Waals surface area contributed by atoms with Crippen molar-refractivity contribution in [3.63, 3.8) is 0 Å². The minimum atomic E-state index is -0.670. The number of carbonyl (C=O) groups excluding carboxylic acids is 2. The summed E-state index contributed by atoms with van der Waals surface area (Å²) in [6, 6.07) is 9.61. The molecule has 2 rings (SSSR count). The van der Waals surface area contributed by atoms with Gasteiger partial charge < -0.3 is 14.6 Å². The lowest BCUT2D eigenvalue weighted by Gasteiger charge is -2.31. The fourth-order valence-corrected chi connectivity index (χ4v) is 3.87. The standard InChI is InChI=1S/C25H33NO5/c1-7-15(2)22(19-11-9-8-10-16(19)3)18(5)31-25(29)17(4)14-20(27)23-24(28)21(30-6)12-13-26-23/h8-13,15,17-18,22,28H,7,14H2,1-6H3/t15?,17-,18+,22-/m1/s1. The van der Waals surface area contributed by atoms with Crippen LogP contribution in [0.15, 0.2) is 36.5 Å². The lowest BCUT2D eigenvalue weighted by molar-refractivity contribution is -0.154. The Morgan fingerprint density at radius 1 is 1.13 bits per heavy atom. The smallest absolute Gasteiger partial charge is 0.309 e. The molecule has 0 aliphatic carbocycles. The molecular weight excluding hydrogens is 394 g/mol. The van der Waals surface area contributed by atoms with E-state index in [0.29, 0.717) is 5.92 Å². The molecule has 0 bridgehead atoms. The largest absolute Gasteiger partial charge is 0.503 e. The number of benzene rings is 1. The summed E-state index contributed by atoms with van der Waals surface area (Å²) in [5.74, 6) is -1.33. The molecule has 1 N–H and O–H groups in total. The number of esters is 1. The number of aromatic hydroxyl groups is 1. The van der Waals surface area contributed by atoms with Crippen molar-refractivity contribution in [2.24, 2.45) is 11.8 Å². The van der Waals surface area contributed by atoms with Gasteiger partial charge in [0.1, 0.15) is 6.10 Å². The van der Waals surface area contributed by atoms with E-state index in [9.17, 15) is 14.7 Å². The van der Waals surface area contributed by atoms with Gasteiger partial charge in [-0.25, -0.2) is 4.98 Å². The normalized spacial score (nSPS) is 14.9. The number of carbonyl (C=O) groups is 2. The van der Waals surface area contributed by atoms with Gasteiger partial charge in [-0.05, 0) is 30.9 Å². The number of hydrogen-bond donors (Lipinski definition) is 1. The van der Waals surface area contributed by atoms with Gasteiger partial charge in [0.25, 0.3) is 0 Å². The fourth-order valence-electron chi connectivity index (χ4n) is 3.87. The molecule has 0 amide bonds. The molecule has 0 aliphatic heterocycles. The quantitative estimate of drug-likeness (QED) is 0.421. The van der Waals surface area contributed by atoms with Gasteiger partial charge >= 0.3 is 5.97 Å². The molecular formula is C25H33NO5. The van der Waals surface area contributed by atoms with Gasteiger partial charge in [0.05, 0.1) is 13.0 Å². The predicted molar refractivity (Wildman–Crippen MR) is 119 cm³/mol. The lowest BCUT2D eigenvalue weighted by atomic mass is 9.80. The molecule has 1 heterocycles. The molecule has 4 atom stereocenters. The van der Waals surface area contributed by atoms with Crippen LogP contribution in [0.2, 0.25) is 0 Å². The van der Waals surface area contributed by atoms with Crippen LogP contribution in [-0.4, -0.2) is 35.1 Å². The van der Waals surface area contributed by atoms with E-state index < -0.39 is 17.7 Å². The van der Waals surface area contributed by atoms with Crippen molar-refractivity contribution in [2.45, 2.75) is 59.5 Å². The Labute approximate surface area is 184 Å². The third-order valence-electron chi connectivity index (χ3n) is 5.88. The molecule has 1 aromatic carbocycles. The van der Waals surface area contributed by atoms with Crippen molar-refractivity contribution < 1.29 is 24.2 Å². The lowest BCUT2D eigenvalue weighted by Crippen LogP contribution is -2.30. The number of aryl methyl sites for hydroxylation is 1. The van der Waals surface area contributed by atoms with Crippen molar-refractivity contribution in [2.75, 3.05) is 7.11 Å². The van der Waals surface area contributed by atoms with Gasteiger partial charge in [0, 0.05) is 24.6 Å². The number of Topliss-reactive ketones (excluding diaryl/α,β-unsaturated/α-hetero) is 1. The number of methoxy groups -OCH3 is 1. The van der Waals surface area contributed by atoms with E-state index in [0.717, 1.165) is 6.42 Å². The molecule has 168 valence electrons. The first-order valence-corrected chi connectivity index (χ1v) is 10.7. The number of rotatable bonds is 10. The molecule has 0 saturated heterocycles. The van der Waals surface area contributed by atoms with E-state index in [1.54, 1.807) is 6.92 Å². The Hall–Kier alpha value is -2.89. The highest BCUT2D eigenvalue weighted by molar-refractivity contribution is 5.99. The first-order valence-electron chi connectivity index (χ1n) is 10.7. The minimum absolute atomic E-state index is 0.0575. The number of nitrogens with zero attached hydrogens (tertiary/aromatic N) is 1. The van der Waals surface area contributed by atoms with Crippen LogP contribution < -0.4 is 4.74 Å². The van der Waals surface area contributed by atoms with Gasteiger partial charge in [-0.2, -0.15) is 0 Å². The van der Waals surface area contributed by atoms with Crippen molar-refractivity contribution in [1.29, 1.82) is 0 Å². The number of hydrogen-bond acceptors (Lipinski definition) is 6. The van der Waals surface area contributed by atoms with E-state index in [4.69, 9.17) is 9.47 Å². The molecule has 0 aliphatic rings. The van der Waals surface area contributed by atoms with Crippen LogP contribution in [0.4, 0.5) is 0 Å². The average Bonchev–Trinajstić information content (AvgIpc) is 2.75. The second kappa shape index (κ2) is 10.9. The Balaban J connectivity index is 2.12. The number of ether oxygens (including phenoxy) is 2. The van der Waals surface area contributed by atoms with Crippen LogP contribution in [0, 0.1) is 18.8 Å². The zero-order valence-corrected chi connectivity index (χ0v) is 19.2. The van der Waals surface area contributed by atoms with Gasteiger partial charge in [-0.3, -0.25) is 9.59 Å². The molecule has 0 radical (unpaired) electrons. The summed E-state index contributed by atoms with van der Waals surface area (Å²) in [7, 11) is 1.40. The number of ketones is 1. The summed E-state index contributed by atoms with van der Waals surface area (Å²) in [5, 5.41) is 10.1. The summed E-state index contributed by atoms with van der Waals surface area (Å²) in [6.45, 7) is 9.90. The second-order valence-electron chi connectivity index (χ2n) is 8.15. The summed E-state index contributed by atoms with van der Waals surface area (Å²) in [5.41, 5.74) is 2.23. The maximum Gasteiger partial charge on any atom is 0.309 e. The Kier molecular flexibility index (Phi) is 8.60. The van der Waals surface area contributed by atoms with E-state index in [-0.39, 0.29) is 35.6 Å². The van der Waals surface area contributed by atoms with Crippen LogP contribution in [0.5, 0.6) is 11.5 Å².